The molecule has 0 radical (unpaired) electrons. The molecule has 0 fully saturated rings. The van der Waals surface area contributed by atoms with Crippen molar-refractivity contribution in [1.82, 2.24) is 0 Å². The first-order chi connectivity index (χ1) is 7.52. The smallest absolute Gasteiger partial charge is 0.309 e. The number of carbonyl (C=O) groups excluding carboxylic acids is 1. The molecule has 0 aliphatic heterocycles. The summed E-state index contributed by atoms with van der Waals surface area (Å²) in [7, 11) is 1.35. The molecule has 0 heterocycles. The van der Waals surface area contributed by atoms with E-state index in [9.17, 15) is 9.90 Å². The molecule has 1 atom stereocenters. The van der Waals surface area contributed by atoms with Gasteiger partial charge in [0.25, 0.3) is 0 Å². The zero-order valence-corrected chi connectivity index (χ0v) is 9.56. The Bertz CT molecular complexity index is 375. The van der Waals surface area contributed by atoms with E-state index in [0.717, 1.165) is 11.1 Å². The molecule has 16 heavy (non-hydrogen) atoms. The van der Waals surface area contributed by atoms with Crippen molar-refractivity contribution in [2.45, 2.75) is 25.8 Å². The van der Waals surface area contributed by atoms with Crippen molar-refractivity contribution in [3.05, 3.63) is 29.3 Å². The zero-order chi connectivity index (χ0) is 12.1. The molecule has 0 saturated heterocycles. The van der Waals surface area contributed by atoms with Gasteiger partial charge in [0.15, 0.2) is 0 Å². The lowest BCUT2D eigenvalue weighted by Crippen LogP contribution is -2.18. The molecule has 4 nitrogen and oxygen atoms in total. The SMILES string of the molecule is COC(=O)Cc1ccc(O)c(CC(C)N)c1. The van der Waals surface area contributed by atoms with Gasteiger partial charge >= 0.3 is 5.97 Å². The van der Waals surface area contributed by atoms with E-state index in [-0.39, 0.29) is 24.2 Å². The average Bonchev–Trinajstić information content (AvgIpc) is 2.22. The number of hydrogen-bond acceptors (Lipinski definition) is 4. The molecule has 0 spiro atoms. The van der Waals surface area contributed by atoms with Crippen LogP contribution in [0.25, 0.3) is 0 Å². The second kappa shape index (κ2) is 5.51. The second-order valence-corrected chi connectivity index (χ2v) is 3.90. The molecule has 1 aromatic rings. The molecule has 1 rings (SSSR count). The Hall–Kier alpha value is -1.55. The van der Waals surface area contributed by atoms with E-state index in [1.165, 1.54) is 7.11 Å². The van der Waals surface area contributed by atoms with Crippen LogP contribution in [0.15, 0.2) is 18.2 Å². The minimum absolute atomic E-state index is 0.0284. The summed E-state index contributed by atoms with van der Waals surface area (Å²) in [5.74, 6) is -0.0802. The van der Waals surface area contributed by atoms with Gasteiger partial charge in [-0.1, -0.05) is 12.1 Å². The number of benzene rings is 1. The van der Waals surface area contributed by atoms with E-state index in [0.29, 0.717) is 6.42 Å². The van der Waals surface area contributed by atoms with Crippen LogP contribution in [-0.2, 0) is 22.4 Å². The molecule has 0 aromatic heterocycles. The number of phenols is 1. The van der Waals surface area contributed by atoms with Crippen molar-refractivity contribution < 1.29 is 14.6 Å². The lowest BCUT2D eigenvalue weighted by Gasteiger charge is -2.09. The summed E-state index contributed by atoms with van der Waals surface area (Å²) >= 11 is 0. The number of methoxy groups -OCH3 is 1. The third kappa shape index (κ3) is 3.55. The van der Waals surface area contributed by atoms with Crippen LogP contribution < -0.4 is 5.73 Å². The summed E-state index contributed by atoms with van der Waals surface area (Å²) in [6, 6.07) is 5.04. The summed E-state index contributed by atoms with van der Waals surface area (Å²) in [5.41, 5.74) is 7.25. The van der Waals surface area contributed by atoms with E-state index in [1.807, 2.05) is 6.92 Å². The van der Waals surface area contributed by atoms with Gasteiger partial charge in [-0.15, -0.1) is 0 Å². The Kier molecular flexibility index (Phi) is 4.31. The van der Waals surface area contributed by atoms with E-state index in [1.54, 1.807) is 18.2 Å². The van der Waals surface area contributed by atoms with Gasteiger partial charge in [-0.3, -0.25) is 4.79 Å². The lowest BCUT2D eigenvalue weighted by molar-refractivity contribution is -0.139. The van der Waals surface area contributed by atoms with Gasteiger partial charge in [-0.25, -0.2) is 0 Å². The maximum absolute atomic E-state index is 11.1. The lowest BCUT2D eigenvalue weighted by atomic mass is 10.0. The number of phenolic OH excluding ortho intramolecular Hbond substituents is 1. The van der Waals surface area contributed by atoms with Crippen LogP contribution in [-0.4, -0.2) is 24.2 Å². The fourth-order valence-electron chi connectivity index (χ4n) is 1.50. The van der Waals surface area contributed by atoms with Gasteiger partial charge in [0.2, 0.25) is 0 Å². The van der Waals surface area contributed by atoms with E-state index in [2.05, 4.69) is 4.74 Å². The number of esters is 1. The summed E-state index contributed by atoms with van der Waals surface area (Å²) in [6.45, 7) is 1.87. The fourth-order valence-corrected chi connectivity index (χ4v) is 1.50. The number of nitrogens with two attached hydrogens (primary N) is 1. The number of rotatable bonds is 4. The molecule has 1 unspecified atom stereocenters. The minimum atomic E-state index is -0.294. The standard InChI is InChI=1S/C12H17NO3/c1-8(13)5-10-6-9(3-4-11(10)14)7-12(15)16-2/h3-4,6,8,14H,5,7,13H2,1-2H3. The number of hydrogen-bond donors (Lipinski definition) is 2. The third-order valence-electron chi connectivity index (χ3n) is 2.26. The largest absolute Gasteiger partial charge is 0.508 e. The molecular formula is C12H17NO3. The van der Waals surface area contributed by atoms with Gasteiger partial charge in [0.05, 0.1) is 13.5 Å². The first-order valence-electron chi connectivity index (χ1n) is 5.16. The Labute approximate surface area is 95.0 Å². The highest BCUT2D eigenvalue weighted by Gasteiger charge is 2.08. The van der Waals surface area contributed by atoms with Crippen molar-refractivity contribution >= 4 is 5.97 Å². The first kappa shape index (κ1) is 12.5. The van der Waals surface area contributed by atoms with E-state index in [4.69, 9.17) is 5.73 Å². The monoisotopic (exact) mass is 223 g/mol. The third-order valence-corrected chi connectivity index (χ3v) is 2.26. The predicted octanol–water partition coefficient (Wildman–Crippen LogP) is 0.997. The molecule has 0 bridgehead atoms. The Morgan fingerprint density at radius 1 is 1.56 bits per heavy atom. The van der Waals surface area contributed by atoms with Crippen LogP contribution in [0.1, 0.15) is 18.1 Å². The van der Waals surface area contributed by atoms with Crippen molar-refractivity contribution in [3.8, 4) is 5.75 Å². The molecule has 0 amide bonds. The molecular weight excluding hydrogens is 206 g/mol. The summed E-state index contributed by atoms with van der Waals surface area (Å²) in [5, 5.41) is 9.60. The summed E-state index contributed by atoms with van der Waals surface area (Å²) in [6.07, 6.45) is 0.795. The Morgan fingerprint density at radius 3 is 2.81 bits per heavy atom. The quantitative estimate of drug-likeness (QED) is 0.747. The normalized spacial score (nSPS) is 12.2. The van der Waals surface area contributed by atoms with Gasteiger partial charge < -0.3 is 15.6 Å². The number of aromatic hydroxyl groups is 1. The molecule has 88 valence electrons. The second-order valence-electron chi connectivity index (χ2n) is 3.90. The first-order valence-corrected chi connectivity index (χ1v) is 5.16. The van der Waals surface area contributed by atoms with Gasteiger partial charge in [-0.2, -0.15) is 0 Å². The van der Waals surface area contributed by atoms with Crippen molar-refractivity contribution in [2.24, 2.45) is 5.73 Å². The Morgan fingerprint density at radius 2 is 2.25 bits per heavy atom. The van der Waals surface area contributed by atoms with Crippen LogP contribution >= 0.6 is 0 Å². The molecule has 0 saturated carbocycles. The highest BCUT2D eigenvalue weighted by molar-refractivity contribution is 5.72. The van der Waals surface area contributed by atoms with Crippen LogP contribution in [0, 0.1) is 0 Å². The van der Waals surface area contributed by atoms with Crippen molar-refractivity contribution in [2.75, 3.05) is 7.11 Å². The van der Waals surface area contributed by atoms with Crippen LogP contribution in [0.5, 0.6) is 5.75 Å². The molecule has 1 aromatic carbocycles. The molecule has 3 N–H and O–H groups in total. The number of carbonyl (C=O) groups is 1. The van der Waals surface area contributed by atoms with Crippen LogP contribution in [0.2, 0.25) is 0 Å². The van der Waals surface area contributed by atoms with E-state index < -0.39 is 0 Å². The highest BCUT2D eigenvalue weighted by Crippen LogP contribution is 2.20. The summed E-state index contributed by atoms with van der Waals surface area (Å²) in [4.78, 5) is 11.1. The van der Waals surface area contributed by atoms with Crippen LogP contribution in [0.4, 0.5) is 0 Å². The van der Waals surface area contributed by atoms with Crippen molar-refractivity contribution in [3.63, 3.8) is 0 Å². The maximum Gasteiger partial charge on any atom is 0.309 e. The zero-order valence-electron chi connectivity index (χ0n) is 9.56. The molecule has 0 aliphatic carbocycles. The molecule has 4 heteroatoms. The van der Waals surface area contributed by atoms with Crippen LogP contribution in [0.3, 0.4) is 0 Å². The predicted molar refractivity (Wildman–Crippen MR) is 61.2 cm³/mol. The van der Waals surface area contributed by atoms with Gasteiger partial charge in [0.1, 0.15) is 5.75 Å². The molecule has 0 aliphatic rings. The maximum atomic E-state index is 11.1. The highest BCUT2D eigenvalue weighted by atomic mass is 16.5. The summed E-state index contributed by atoms with van der Waals surface area (Å²) < 4.78 is 4.58. The average molecular weight is 223 g/mol. The minimum Gasteiger partial charge on any atom is -0.508 e. The van der Waals surface area contributed by atoms with Gasteiger partial charge in [0, 0.05) is 6.04 Å². The topological polar surface area (TPSA) is 72.5 Å². The Balaban J connectivity index is 2.84. The van der Waals surface area contributed by atoms with Gasteiger partial charge in [-0.05, 0) is 30.5 Å². The fraction of sp³-hybridized carbons (Fsp3) is 0.417. The van der Waals surface area contributed by atoms with Crippen molar-refractivity contribution in [1.29, 1.82) is 0 Å². The van der Waals surface area contributed by atoms with E-state index >= 15 is 0 Å². The number of ether oxygens (including phenoxy) is 1.